The van der Waals surface area contributed by atoms with Gasteiger partial charge >= 0.3 is 168 Å². The van der Waals surface area contributed by atoms with Gasteiger partial charge in [-0.15, -0.1) is 0 Å². The van der Waals surface area contributed by atoms with Gasteiger partial charge in [-0.05, 0) is 0 Å². The van der Waals surface area contributed by atoms with Crippen molar-refractivity contribution in [3.63, 3.8) is 0 Å². The molecule has 6 heteroatoms. The monoisotopic (exact) mass is 478 g/mol. The summed E-state index contributed by atoms with van der Waals surface area (Å²) in [5.74, 6) is -1.34. The van der Waals surface area contributed by atoms with Gasteiger partial charge in [0, 0.05) is 0 Å². The van der Waals surface area contributed by atoms with Gasteiger partial charge < -0.3 is 0 Å². The zero-order valence-corrected chi connectivity index (χ0v) is 20.0. The number of hydrogen-bond acceptors (Lipinski definition) is 5. The summed E-state index contributed by atoms with van der Waals surface area (Å²) >= 11 is -4.12. The first-order valence-corrected chi connectivity index (χ1v) is 14.0. The predicted molar refractivity (Wildman–Crippen MR) is 104 cm³/mol. The quantitative estimate of drug-likeness (QED) is 0.276. The van der Waals surface area contributed by atoms with Crippen molar-refractivity contribution in [2.24, 2.45) is 11.8 Å². The predicted octanol–water partition coefficient (Wildman–Crippen LogP) is 5.48. The van der Waals surface area contributed by atoms with Crippen molar-refractivity contribution in [1.29, 1.82) is 0 Å². The van der Waals surface area contributed by atoms with Crippen LogP contribution in [0.1, 0.15) is 105 Å². The van der Waals surface area contributed by atoms with Crippen LogP contribution in [0.2, 0.25) is 0 Å². The molecule has 0 rings (SSSR count). The Bertz CT molecular complexity index is 359. The molecule has 5 nitrogen and oxygen atoms in total. The second-order valence-electron chi connectivity index (χ2n) is 7.05. The van der Waals surface area contributed by atoms with Crippen LogP contribution in [0.5, 0.6) is 0 Å². The molecule has 0 radical (unpaired) electrons. The van der Waals surface area contributed by atoms with Crippen molar-refractivity contribution in [3.8, 4) is 0 Å². The van der Waals surface area contributed by atoms with E-state index in [2.05, 4.69) is 27.7 Å². The minimum atomic E-state index is -4.12. The molecule has 0 unspecified atom stereocenters. The Balaban J connectivity index is 4.59. The second kappa shape index (κ2) is 16.7. The van der Waals surface area contributed by atoms with Gasteiger partial charge in [0.2, 0.25) is 0 Å². The van der Waals surface area contributed by atoms with Gasteiger partial charge in [-0.2, -0.15) is 0 Å². The summed E-state index contributed by atoms with van der Waals surface area (Å²) in [4.78, 5) is 24.6. The molecule has 0 spiro atoms. The number of carbonyl (C=O) groups excluding carboxylic acids is 2. The van der Waals surface area contributed by atoms with Gasteiger partial charge in [-0.25, -0.2) is 0 Å². The molecular weight excluding hydrogens is 439 g/mol. The van der Waals surface area contributed by atoms with E-state index in [1.165, 1.54) is 0 Å². The van der Waals surface area contributed by atoms with Crippen LogP contribution < -0.4 is 0 Å². The van der Waals surface area contributed by atoms with Crippen molar-refractivity contribution in [3.05, 3.63) is 0 Å². The molecule has 0 saturated carbocycles. The number of unbranched alkanes of at least 4 members (excludes halogenated alkanes) is 4. The maximum absolute atomic E-state index is 12.3. The molecule has 0 heterocycles. The molecule has 0 aliphatic heterocycles. The first-order valence-electron chi connectivity index (χ1n) is 10.5. The Morgan fingerprint density at radius 2 is 0.923 bits per heavy atom. The third kappa shape index (κ3) is 12.0. The third-order valence-electron chi connectivity index (χ3n) is 4.66. The molecule has 0 amide bonds. The molecule has 0 aromatic rings. The average Bonchev–Trinajstić information content (AvgIpc) is 2.61. The Hall–Kier alpha value is -0.461. The van der Waals surface area contributed by atoms with Gasteiger partial charge in [0.1, 0.15) is 0 Å². The SMILES string of the molecule is CCCCC(CCCC)C(=O)[O][Sn](=[O])[O]C(=O)C(CCCC)CCCC. The second-order valence-corrected chi connectivity index (χ2v) is 9.65. The van der Waals surface area contributed by atoms with Crippen LogP contribution in [-0.4, -0.2) is 32.5 Å². The van der Waals surface area contributed by atoms with Gasteiger partial charge in [0.15, 0.2) is 0 Å². The molecular formula is C20H38O5Sn. The molecule has 0 aliphatic rings. The standard InChI is InChI=1S/2C10H20O2.O.Sn/c2*1-3-5-7-9(10(11)12)8-6-4-2;;/h2*9H,3-8H2,1-2H3,(H,11,12);;/q;;;+2/p-2. The van der Waals surface area contributed by atoms with Crippen LogP contribution in [0, 0.1) is 11.8 Å². The van der Waals surface area contributed by atoms with Crippen LogP contribution in [0.25, 0.3) is 0 Å². The molecule has 0 N–H and O–H groups in total. The Morgan fingerprint density at radius 3 is 1.15 bits per heavy atom. The van der Waals surface area contributed by atoms with Gasteiger partial charge in [-0.3, -0.25) is 0 Å². The summed E-state index contributed by atoms with van der Waals surface area (Å²) in [5, 5.41) is 0. The third-order valence-corrected chi connectivity index (χ3v) is 6.76. The van der Waals surface area contributed by atoms with Gasteiger partial charge in [0.05, 0.1) is 0 Å². The van der Waals surface area contributed by atoms with Crippen molar-refractivity contribution in [1.82, 2.24) is 0 Å². The summed E-state index contributed by atoms with van der Waals surface area (Å²) in [5.41, 5.74) is 0. The fourth-order valence-corrected chi connectivity index (χ4v) is 4.92. The van der Waals surface area contributed by atoms with E-state index in [-0.39, 0.29) is 11.8 Å². The van der Waals surface area contributed by atoms with Crippen molar-refractivity contribution in [2.45, 2.75) is 105 Å². The van der Waals surface area contributed by atoms with E-state index in [4.69, 9.17) is 6.15 Å². The van der Waals surface area contributed by atoms with E-state index in [0.29, 0.717) is 0 Å². The topological polar surface area (TPSA) is 69.7 Å². The van der Waals surface area contributed by atoms with Crippen LogP contribution in [0.15, 0.2) is 0 Å². The molecule has 0 bridgehead atoms. The molecule has 0 saturated heterocycles. The first-order chi connectivity index (χ1) is 12.5. The Kier molecular flexibility index (Phi) is 16.4. The molecule has 26 heavy (non-hydrogen) atoms. The summed E-state index contributed by atoms with van der Waals surface area (Å²) in [7, 11) is 0. The number of carbonyl (C=O) groups is 2. The van der Waals surface area contributed by atoms with E-state index in [0.717, 1.165) is 77.0 Å². The molecule has 0 aliphatic carbocycles. The molecule has 0 aromatic carbocycles. The average molecular weight is 477 g/mol. The molecule has 0 atom stereocenters. The maximum atomic E-state index is 12.3. The van der Waals surface area contributed by atoms with Gasteiger partial charge in [0.25, 0.3) is 0 Å². The van der Waals surface area contributed by atoms with Crippen LogP contribution in [-0.2, 0) is 18.8 Å². The fraction of sp³-hybridized carbons (Fsp3) is 0.900. The summed E-state index contributed by atoms with van der Waals surface area (Å²) < 4.78 is 22.4. The van der Waals surface area contributed by atoms with Crippen molar-refractivity contribution >= 4 is 32.5 Å². The van der Waals surface area contributed by atoms with Crippen LogP contribution in [0.3, 0.4) is 0 Å². The number of hydrogen-bond donors (Lipinski definition) is 0. The zero-order valence-electron chi connectivity index (χ0n) is 17.2. The van der Waals surface area contributed by atoms with Crippen LogP contribution in [0.4, 0.5) is 0 Å². The first kappa shape index (κ1) is 25.5. The van der Waals surface area contributed by atoms with Gasteiger partial charge in [-0.1, -0.05) is 0 Å². The van der Waals surface area contributed by atoms with E-state index >= 15 is 0 Å². The fourth-order valence-electron chi connectivity index (χ4n) is 2.91. The Morgan fingerprint density at radius 1 is 0.654 bits per heavy atom. The van der Waals surface area contributed by atoms with E-state index in [1.807, 2.05) is 0 Å². The van der Waals surface area contributed by atoms with Crippen molar-refractivity contribution < 1.29 is 18.8 Å². The summed E-state index contributed by atoms with van der Waals surface area (Å²) in [6.07, 6.45) is 10.8. The van der Waals surface area contributed by atoms with E-state index in [9.17, 15) is 12.7 Å². The number of rotatable bonds is 16. The van der Waals surface area contributed by atoms with E-state index in [1.54, 1.807) is 0 Å². The molecule has 0 fully saturated rings. The Labute approximate surface area is 167 Å². The minimum absolute atomic E-state index is 0.228. The molecule has 152 valence electrons. The normalized spacial score (nSPS) is 11.0. The molecule has 0 aromatic heterocycles. The van der Waals surface area contributed by atoms with Crippen molar-refractivity contribution in [2.75, 3.05) is 0 Å². The summed E-state index contributed by atoms with van der Waals surface area (Å²) in [6.45, 7) is 8.30. The summed E-state index contributed by atoms with van der Waals surface area (Å²) in [6, 6.07) is 0. The zero-order chi connectivity index (χ0) is 19.8. The van der Waals surface area contributed by atoms with Crippen LogP contribution >= 0.6 is 0 Å². The van der Waals surface area contributed by atoms with E-state index < -0.39 is 32.5 Å².